The zero-order chi connectivity index (χ0) is 11.4. The van der Waals surface area contributed by atoms with E-state index in [0.29, 0.717) is 18.1 Å². The molecule has 4 nitrogen and oxygen atoms in total. The lowest BCUT2D eigenvalue weighted by molar-refractivity contribution is 0.0351. The van der Waals surface area contributed by atoms with E-state index in [1.165, 1.54) is 32.5 Å². The molecule has 0 aromatic rings. The maximum atomic E-state index is 5.53. The number of rotatable bonds is 4. The van der Waals surface area contributed by atoms with Gasteiger partial charge in [-0.1, -0.05) is 0 Å². The van der Waals surface area contributed by atoms with E-state index in [-0.39, 0.29) is 0 Å². The molecule has 2 rings (SSSR count). The van der Waals surface area contributed by atoms with E-state index in [1.54, 1.807) is 0 Å². The van der Waals surface area contributed by atoms with Crippen molar-refractivity contribution in [3.63, 3.8) is 0 Å². The number of ether oxygens (including phenoxy) is 2. The summed E-state index contributed by atoms with van der Waals surface area (Å²) in [4.78, 5) is 2.55. The molecule has 0 aliphatic carbocycles. The van der Waals surface area contributed by atoms with Crippen molar-refractivity contribution < 1.29 is 9.47 Å². The van der Waals surface area contributed by atoms with Crippen molar-refractivity contribution in [2.75, 3.05) is 47.0 Å². The summed E-state index contributed by atoms with van der Waals surface area (Å²) in [5, 5.41) is 3.35. The van der Waals surface area contributed by atoms with Crippen LogP contribution in [0.5, 0.6) is 0 Å². The molecule has 2 saturated heterocycles. The first-order valence-corrected chi connectivity index (χ1v) is 6.33. The van der Waals surface area contributed by atoms with Gasteiger partial charge in [0.05, 0.1) is 19.3 Å². The summed E-state index contributed by atoms with van der Waals surface area (Å²) in [6.07, 6.45) is 2.83. The van der Waals surface area contributed by atoms with E-state index >= 15 is 0 Å². The number of nitrogens with one attached hydrogen (secondary N) is 1. The highest BCUT2D eigenvalue weighted by atomic mass is 16.5. The second kappa shape index (κ2) is 5.96. The third kappa shape index (κ3) is 2.94. The van der Waals surface area contributed by atoms with Gasteiger partial charge in [0.15, 0.2) is 0 Å². The first-order valence-electron chi connectivity index (χ1n) is 6.33. The van der Waals surface area contributed by atoms with Gasteiger partial charge >= 0.3 is 0 Å². The lowest BCUT2D eigenvalue weighted by atomic mass is 10.0. The smallest absolute Gasteiger partial charge is 0.0623 e. The number of hydrogen-bond donors (Lipinski definition) is 1. The highest BCUT2D eigenvalue weighted by Crippen LogP contribution is 2.19. The van der Waals surface area contributed by atoms with E-state index in [9.17, 15) is 0 Å². The Labute approximate surface area is 98.3 Å². The fraction of sp³-hybridized carbons (Fsp3) is 1.00. The maximum Gasteiger partial charge on any atom is 0.0623 e. The zero-order valence-corrected chi connectivity index (χ0v) is 10.4. The molecule has 0 spiro atoms. The third-order valence-electron chi connectivity index (χ3n) is 3.93. The van der Waals surface area contributed by atoms with Gasteiger partial charge in [0.25, 0.3) is 0 Å². The summed E-state index contributed by atoms with van der Waals surface area (Å²) in [6, 6.07) is 0.542. The predicted octanol–water partition coefficient (Wildman–Crippen LogP) is 0.332. The Hall–Kier alpha value is -0.160. The summed E-state index contributed by atoms with van der Waals surface area (Å²) in [5.41, 5.74) is 0. The van der Waals surface area contributed by atoms with Crippen molar-refractivity contribution in [1.82, 2.24) is 10.2 Å². The molecule has 0 bridgehead atoms. The summed E-state index contributed by atoms with van der Waals surface area (Å²) in [7, 11) is 3.85. The van der Waals surface area contributed by atoms with Crippen LogP contribution < -0.4 is 5.32 Å². The number of likely N-dealkylation sites (N-methyl/N-ethyl adjacent to an activating group) is 1. The highest BCUT2D eigenvalue weighted by Gasteiger charge is 2.29. The molecule has 0 aromatic carbocycles. The molecule has 2 aliphatic heterocycles. The molecular formula is C12H24N2O2. The van der Waals surface area contributed by atoms with Crippen LogP contribution in [0.25, 0.3) is 0 Å². The van der Waals surface area contributed by atoms with Gasteiger partial charge in [-0.05, 0) is 19.9 Å². The number of likely N-dealkylation sites (tertiary alicyclic amines) is 1. The first-order chi connectivity index (χ1) is 7.83. The van der Waals surface area contributed by atoms with Gasteiger partial charge in [-0.15, -0.1) is 0 Å². The molecule has 4 heteroatoms. The quantitative estimate of drug-likeness (QED) is 0.752. The van der Waals surface area contributed by atoms with Crippen LogP contribution in [0, 0.1) is 5.92 Å². The SMILES string of the molecule is CNC1COCC1CN1CCC(OC)CC1. The van der Waals surface area contributed by atoms with Crippen LogP contribution in [0.4, 0.5) is 0 Å². The molecule has 1 N–H and O–H groups in total. The first kappa shape index (κ1) is 12.3. The van der Waals surface area contributed by atoms with E-state index < -0.39 is 0 Å². The maximum absolute atomic E-state index is 5.53. The third-order valence-corrected chi connectivity index (χ3v) is 3.93. The average Bonchev–Trinajstić information content (AvgIpc) is 2.77. The molecule has 2 heterocycles. The van der Waals surface area contributed by atoms with Gasteiger partial charge in [-0.25, -0.2) is 0 Å². The van der Waals surface area contributed by atoms with Gasteiger partial charge in [-0.3, -0.25) is 0 Å². The van der Waals surface area contributed by atoms with Crippen molar-refractivity contribution in [3.8, 4) is 0 Å². The molecule has 0 amide bonds. The molecule has 0 radical (unpaired) electrons. The molecule has 0 aromatic heterocycles. The summed E-state index contributed by atoms with van der Waals surface area (Å²) in [5.74, 6) is 0.657. The molecule has 16 heavy (non-hydrogen) atoms. The number of piperidine rings is 1. The standard InChI is InChI=1S/C12H24N2O2/c1-13-12-9-16-8-10(12)7-14-5-3-11(15-2)4-6-14/h10-13H,3-9H2,1-2H3. The van der Waals surface area contributed by atoms with E-state index in [0.717, 1.165) is 13.2 Å². The Morgan fingerprint density at radius 2 is 2.06 bits per heavy atom. The molecule has 94 valence electrons. The van der Waals surface area contributed by atoms with Crippen LogP contribution in [-0.4, -0.2) is 64.1 Å². The van der Waals surface area contributed by atoms with Crippen molar-refractivity contribution in [3.05, 3.63) is 0 Å². The minimum atomic E-state index is 0.483. The second-order valence-corrected chi connectivity index (χ2v) is 4.93. The van der Waals surface area contributed by atoms with Crippen LogP contribution in [0.2, 0.25) is 0 Å². The van der Waals surface area contributed by atoms with E-state index in [2.05, 4.69) is 10.2 Å². The minimum Gasteiger partial charge on any atom is -0.381 e. The Morgan fingerprint density at radius 1 is 1.31 bits per heavy atom. The summed E-state index contributed by atoms with van der Waals surface area (Å²) < 4.78 is 10.9. The van der Waals surface area contributed by atoms with Crippen molar-refractivity contribution in [2.45, 2.75) is 25.0 Å². The molecule has 2 aliphatic rings. The number of nitrogens with zero attached hydrogens (tertiary/aromatic N) is 1. The van der Waals surface area contributed by atoms with Crippen LogP contribution >= 0.6 is 0 Å². The monoisotopic (exact) mass is 228 g/mol. The highest BCUT2D eigenvalue weighted by molar-refractivity contribution is 4.84. The van der Waals surface area contributed by atoms with Gasteiger partial charge in [0, 0.05) is 38.7 Å². The Morgan fingerprint density at radius 3 is 2.69 bits per heavy atom. The van der Waals surface area contributed by atoms with Crippen LogP contribution in [0.3, 0.4) is 0 Å². The van der Waals surface area contributed by atoms with Crippen molar-refractivity contribution in [2.24, 2.45) is 5.92 Å². The Bertz CT molecular complexity index is 205. The molecular weight excluding hydrogens is 204 g/mol. The van der Waals surface area contributed by atoms with Crippen LogP contribution in [0.15, 0.2) is 0 Å². The predicted molar refractivity (Wildman–Crippen MR) is 63.6 cm³/mol. The fourth-order valence-electron chi connectivity index (χ4n) is 2.76. The van der Waals surface area contributed by atoms with Gasteiger partial charge in [0.1, 0.15) is 0 Å². The number of methoxy groups -OCH3 is 1. The topological polar surface area (TPSA) is 33.7 Å². The minimum absolute atomic E-state index is 0.483. The van der Waals surface area contributed by atoms with Crippen molar-refractivity contribution in [1.29, 1.82) is 0 Å². The van der Waals surface area contributed by atoms with Crippen LogP contribution in [-0.2, 0) is 9.47 Å². The second-order valence-electron chi connectivity index (χ2n) is 4.93. The molecule has 2 unspecified atom stereocenters. The summed E-state index contributed by atoms with van der Waals surface area (Å²) in [6.45, 7) is 5.30. The lowest BCUT2D eigenvalue weighted by Gasteiger charge is -2.33. The number of hydrogen-bond acceptors (Lipinski definition) is 4. The fourth-order valence-corrected chi connectivity index (χ4v) is 2.76. The van der Waals surface area contributed by atoms with E-state index in [1.807, 2.05) is 14.2 Å². The average molecular weight is 228 g/mol. The summed E-state index contributed by atoms with van der Waals surface area (Å²) >= 11 is 0. The van der Waals surface area contributed by atoms with Gasteiger partial charge in [0.2, 0.25) is 0 Å². The van der Waals surface area contributed by atoms with Gasteiger partial charge < -0.3 is 19.7 Å². The molecule has 0 saturated carbocycles. The van der Waals surface area contributed by atoms with Crippen molar-refractivity contribution >= 4 is 0 Å². The van der Waals surface area contributed by atoms with Crippen LogP contribution in [0.1, 0.15) is 12.8 Å². The normalized spacial score (nSPS) is 33.4. The largest absolute Gasteiger partial charge is 0.381 e. The Kier molecular flexibility index (Phi) is 4.58. The molecule has 2 atom stereocenters. The molecule has 2 fully saturated rings. The zero-order valence-electron chi connectivity index (χ0n) is 10.4. The lowest BCUT2D eigenvalue weighted by Crippen LogP contribution is -2.44. The Balaban J connectivity index is 1.73. The van der Waals surface area contributed by atoms with Gasteiger partial charge in [-0.2, -0.15) is 0 Å². The van der Waals surface area contributed by atoms with E-state index in [4.69, 9.17) is 9.47 Å².